The summed E-state index contributed by atoms with van der Waals surface area (Å²) in [6.07, 6.45) is 66.3. The summed E-state index contributed by atoms with van der Waals surface area (Å²) in [6, 6.07) is 0. The van der Waals surface area contributed by atoms with E-state index in [9.17, 15) is 14.3 Å². The maximum absolute atomic E-state index is 12.6. The number of esters is 1. The normalized spacial score (nSPS) is 14.7. The molecule has 8 nitrogen and oxygen atoms in total. The van der Waals surface area contributed by atoms with Crippen molar-refractivity contribution in [3.63, 3.8) is 0 Å². The Balaban J connectivity index is 4.21. The topological polar surface area (TPSA) is 117 Å². The molecule has 0 fully saturated rings. The Morgan fingerprint density at radius 1 is 0.500 bits per heavy atom. The summed E-state index contributed by atoms with van der Waals surface area (Å²) in [7, 11) is -4.31. The van der Waals surface area contributed by atoms with Crippen molar-refractivity contribution in [2.75, 3.05) is 33.0 Å². The van der Waals surface area contributed by atoms with Gasteiger partial charge in [0.1, 0.15) is 6.10 Å². The molecule has 0 spiro atoms. The fourth-order valence-electron chi connectivity index (χ4n) is 5.33. The van der Waals surface area contributed by atoms with Crippen molar-refractivity contribution >= 4 is 13.8 Å². The first-order valence-corrected chi connectivity index (χ1v) is 24.2. The summed E-state index contributed by atoms with van der Waals surface area (Å²) >= 11 is 0. The number of hydrogen-bond acceptors (Lipinski definition) is 7. The number of nitrogens with two attached hydrogens (primary N) is 1. The lowest BCUT2D eigenvalue weighted by atomic mass is 10.1. The maximum Gasteiger partial charge on any atom is 0.472 e. The number of carbonyl (C=O) groups is 1. The van der Waals surface area contributed by atoms with Gasteiger partial charge in [0, 0.05) is 19.6 Å². The van der Waals surface area contributed by atoms with E-state index in [1.54, 1.807) is 0 Å². The monoisotopic (exact) mass is 852 g/mol. The van der Waals surface area contributed by atoms with Crippen molar-refractivity contribution in [2.45, 2.75) is 148 Å². The van der Waals surface area contributed by atoms with Crippen LogP contribution in [0, 0.1) is 0 Å². The molecule has 2 unspecified atom stereocenters. The molecule has 0 rings (SSSR count). The van der Waals surface area contributed by atoms with Gasteiger partial charge in [-0.3, -0.25) is 13.8 Å². The quantitative estimate of drug-likeness (QED) is 0.0270. The molecule has 0 saturated heterocycles. The summed E-state index contributed by atoms with van der Waals surface area (Å²) in [5.41, 5.74) is 5.37. The van der Waals surface area contributed by atoms with E-state index in [4.69, 9.17) is 24.3 Å². The minimum absolute atomic E-state index is 0.0577. The second-order valence-electron chi connectivity index (χ2n) is 14.1. The van der Waals surface area contributed by atoms with Crippen molar-refractivity contribution in [1.82, 2.24) is 0 Å². The third-order valence-corrected chi connectivity index (χ3v) is 9.55. The fraction of sp³-hybridized carbons (Fsp3) is 0.549. The van der Waals surface area contributed by atoms with Gasteiger partial charge in [-0.1, -0.05) is 167 Å². The first-order chi connectivity index (χ1) is 29.4. The molecule has 2 atom stereocenters. The molecule has 0 aliphatic rings. The minimum atomic E-state index is -4.31. The van der Waals surface area contributed by atoms with E-state index in [0.29, 0.717) is 6.61 Å². The van der Waals surface area contributed by atoms with Gasteiger partial charge in [-0.2, -0.15) is 0 Å². The van der Waals surface area contributed by atoms with Crippen molar-refractivity contribution < 1.29 is 32.8 Å². The van der Waals surface area contributed by atoms with Crippen LogP contribution < -0.4 is 5.73 Å². The number of phosphoric ester groups is 1. The Morgan fingerprint density at radius 2 is 0.883 bits per heavy atom. The molecule has 0 saturated carbocycles. The van der Waals surface area contributed by atoms with Gasteiger partial charge in [0.25, 0.3) is 0 Å². The molecule has 0 aromatic rings. The maximum atomic E-state index is 12.6. The highest BCUT2D eigenvalue weighted by Crippen LogP contribution is 2.43. The lowest BCUT2D eigenvalue weighted by molar-refractivity contribution is -0.154. The summed E-state index contributed by atoms with van der Waals surface area (Å²) in [5.74, 6) is -0.375. The van der Waals surface area contributed by atoms with Gasteiger partial charge in [0.05, 0.1) is 19.8 Å². The van der Waals surface area contributed by atoms with Gasteiger partial charge in [0.2, 0.25) is 0 Å². The average molecular weight is 852 g/mol. The third-order valence-electron chi connectivity index (χ3n) is 8.56. The second-order valence-corrected chi connectivity index (χ2v) is 15.6. The number of ether oxygens (including phenoxy) is 2. The van der Waals surface area contributed by atoms with E-state index in [1.807, 2.05) is 0 Å². The van der Waals surface area contributed by atoms with E-state index in [1.165, 1.54) is 0 Å². The molecule has 0 bridgehead atoms. The van der Waals surface area contributed by atoms with Gasteiger partial charge in [-0.15, -0.1) is 0 Å². The van der Waals surface area contributed by atoms with Crippen molar-refractivity contribution in [1.29, 1.82) is 0 Å². The highest BCUT2D eigenvalue weighted by atomic mass is 31.2. The average Bonchev–Trinajstić information content (AvgIpc) is 3.24. The Hall–Kier alpha value is -3.36. The molecule has 9 heteroatoms. The standard InChI is InChI=1S/C51H82NO7P/c1-3-5-7-9-11-13-15-17-19-21-23-25-26-28-30-32-34-36-38-40-42-44-51(53)59-50(49-58-60(54,55)57-47-45-52)48-56-46-43-41-39-37-35-33-31-29-27-24-22-20-18-16-14-12-10-8-6-4-2/h5-8,11-14,17-20,23-25,27-28,30-31,33,37,39,50H,3-4,9-10,15-16,21-22,26,29,32,34-36,38,40-49,52H2,1-2H3,(H,54,55)/b7-5-,8-6-,13-11-,14-12-,19-17-,20-18-,25-23-,27-24-,30-28-,33-31-,39-37-. The zero-order valence-electron chi connectivity index (χ0n) is 37.4. The van der Waals surface area contributed by atoms with Gasteiger partial charge < -0.3 is 20.1 Å². The van der Waals surface area contributed by atoms with Crippen LogP contribution in [0.25, 0.3) is 0 Å². The number of unbranched alkanes of at least 4 members (excludes halogenated alkanes) is 6. The number of allylic oxidation sites excluding steroid dienone is 22. The Kier molecular flexibility index (Phi) is 44.1. The van der Waals surface area contributed by atoms with Crippen LogP contribution in [0.3, 0.4) is 0 Å². The van der Waals surface area contributed by atoms with E-state index in [-0.39, 0.29) is 38.8 Å². The molecule has 0 aliphatic carbocycles. The molecule has 0 aromatic carbocycles. The number of phosphoric acid groups is 1. The zero-order chi connectivity index (χ0) is 43.7. The predicted octanol–water partition coefficient (Wildman–Crippen LogP) is 14.0. The van der Waals surface area contributed by atoms with Crippen LogP contribution >= 0.6 is 7.82 Å². The molecule has 0 heterocycles. The molecule has 3 N–H and O–H groups in total. The molecule has 60 heavy (non-hydrogen) atoms. The van der Waals surface area contributed by atoms with E-state index < -0.39 is 13.9 Å². The number of rotatable bonds is 41. The molecular formula is C51H82NO7P. The zero-order valence-corrected chi connectivity index (χ0v) is 38.3. The first kappa shape index (κ1) is 56.6. The van der Waals surface area contributed by atoms with Crippen LogP contribution in [0.5, 0.6) is 0 Å². The summed E-state index contributed by atoms with van der Waals surface area (Å²) < 4.78 is 33.4. The van der Waals surface area contributed by atoms with Gasteiger partial charge in [-0.05, 0) is 103 Å². The van der Waals surface area contributed by atoms with E-state index in [2.05, 4.69) is 148 Å². The van der Waals surface area contributed by atoms with E-state index in [0.717, 1.165) is 122 Å². The third kappa shape index (κ3) is 45.7. The molecular weight excluding hydrogens is 770 g/mol. The molecule has 0 aliphatic heterocycles. The first-order valence-electron chi connectivity index (χ1n) is 22.7. The Labute approximate surface area is 366 Å². The van der Waals surface area contributed by atoms with Crippen LogP contribution in [-0.2, 0) is 27.9 Å². The SMILES string of the molecule is CC/C=C\C/C=C\C/C=C\C/C=C\C/C=C\C/C=C\CCCOCC(COP(=O)(O)OCCN)OC(=O)CCCCCCC/C=C\C/C=C\C/C=C\C/C=C\C/C=C\CC. The van der Waals surface area contributed by atoms with Gasteiger partial charge in [-0.25, -0.2) is 4.57 Å². The van der Waals surface area contributed by atoms with Crippen LogP contribution in [-0.4, -0.2) is 49.9 Å². The Morgan fingerprint density at radius 3 is 1.32 bits per heavy atom. The number of carbonyl (C=O) groups excluding carboxylic acids is 1. The fourth-order valence-corrected chi connectivity index (χ4v) is 6.10. The molecule has 0 amide bonds. The predicted molar refractivity (Wildman–Crippen MR) is 256 cm³/mol. The van der Waals surface area contributed by atoms with Crippen molar-refractivity contribution in [2.24, 2.45) is 5.73 Å². The second kappa shape index (κ2) is 46.7. The molecule has 0 aromatic heterocycles. The lowest BCUT2D eigenvalue weighted by Gasteiger charge is -2.20. The Bertz CT molecular complexity index is 1370. The van der Waals surface area contributed by atoms with E-state index >= 15 is 0 Å². The molecule has 0 radical (unpaired) electrons. The number of hydrogen-bond donors (Lipinski definition) is 2. The van der Waals surface area contributed by atoms with Crippen LogP contribution in [0.2, 0.25) is 0 Å². The summed E-state index contributed by atoms with van der Waals surface area (Å²) in [4.78, 5) is 22.5. The van der Waals surface area contributed by atoms with Crippen molar-refractivity contribution in [3.8, 4) is 0 Å². The van der Waals surface area contributed by atoms with Crippen LogP contribution in [0.15, 0.2) is 134 Å². The molecule has 338 valence electrons. The highest BCUT2D eigenvalue weighted by Gasteiger charge is 2.25. The largest absolute Gasteiger partial charge is 0.472 e. The minimum Gasteiger partial charge on any atom is -0.457 e. The smallest absolute Gasteiger partial charge is 0.457 e. The summed E-state index contributed by atoms with van der Waals surface area (Å²) in [5, 5.41) is 0. The highest BCUT2D eigenvalue weighted by molar-refractivity contribution is 7.47. The van der Waals surface area contributed by atoms with Crippen LogP contribution in [0.4, 0.5) is 0 Å². The van der Waals surface area contributed by atoms with Gasteiger partial charge in [0.15, 0.2) is 0 Å². The summed E-state index contributed by atoms with van der Waals surface area (Å²) in [6.45, 7) is 4.46. The van der Waals surface area contributed by atoms with Crippen molar-refractivity contribution in [3.05, 3.63) is 134 Å². The van der Waals surface area contributed by atoms with Crippen LogP contribution in [0.1, 0.15) is 142 Å². The lowest BCUT2D eigenvalue weighted by Crippen LogP contribution is -2.28. The van der Waals surface area contributed by atoms with Gasteiger partial charge >= 0.3 is 13.8 Å².